The third-order valence-corrected chi connectivity index (χ3v) is 11.7. The van der Waals surface area contributed by atoms with E-state index in [1.807, 2.05) is 0 Å². The number of nitrogens with one attached hydrogen (secondary N) is 1. The average Bonchev–Trinajstić information content (AvgIpc) is 3.44. The molecular weight excluding hydrogens is 610 g/mol. The number of nitrogen functional groups attached to an aromatic ring is 1. The Morgan fingerprint density at radius 3 is 2.61 bits per heavy atom. The van der Waals surface area contributed by atoms with Crippen LogP contribution in [0.3, 0.4) is 0 Å². The first-order chi connectivity index (χ1) is 22.4. The first-order valence-electron chi connectivity index (χ1n) is 16.2. The van der Waals surface area contributed by atoms with Crippen LogP contribution in [0.2, 0.25) is 0 Å². The maximum Gasteiger partial charge on any atom is 0.319 e. The fourth-order valence-electron chi connectivity index (χ4n) is 8.16. The van der Waals surface area contributed by atoms with Crippen LogP contribution in [0.15, 0.2) is 6.20 Å². The van der Waals surface area contributed by atoms with E-state index in [4.69, 9.17) is 25.2 Å². The van der Waals surface area contributed by atoms with Gasteiger partial charge in [-0.15, -0.1) is 11.3 Å². The van der Waals surface area contributed by atoms with Crippen molar-refractivity contribution >= 4 is 43.1 Å². The number of nitrogens with two attached hydrogens (primary N) is 1. The van der Waals surface area contributed by atoms with Crippen molar-refractivity contribution in [2.75, 3.05) is 50.0 Å². The van der Waals surface area contributed by atoms with Crippen molar-refractivity contribution in [2.45, 2.75) is 63.8 Å². The average molecular weight is 645 g/mol. The number of halogens is 2. The molecule has 3 aromatic heterocycles. The fraction of sp³-hybridized carbons (Fsp3) is 0.515. The molecule has 3 saturated heterocycles. The zero-order valence-electron chi connectivity index (χ0n) is 25.4. The Morgan fingerprint density at radius 2 is 1.87 bits per heavy atom. The second-order valence-corrected chi connectivity index (χ2v) is 14.6. The smallest absolute Gasteiger partial charge is 0.319 e. The first-order valence-corrected chi connectivity index (χ1v) is 17.0. The molecule has 2 bridgehead atoms. The summed E-state index contributed by atoms with van der Waals surface area (Å²) >= 11 is 0.963. The number of nitriles is 1. The van der Waals surface area contributed by atoms with Crippen LogP contribution in [0.4, 0.5) is 19.6 Å². The lowest BCUT2D eigenvalue weighted by Crippen LogP contribution is -2.52. The molecule has 4 fully saturated rings. The van der Waals surface area contributed by atoms with E-state index in [2.05, 4.69) is 26.2 Å². The molecule has 46 heavy (non-hydrogen) atoms. The summed E-state index contributed by atoms with van der Waals surface area (Å²) in [5.41, 5.74) is 8.15. The Hall–Kier alpha value is -3.70. The van der Waals surface area contributed by atoms with Crippen LogP contribution in [0.1, 0.15) is 55.2 Å². The quantitative estimate of drug-likeness (QED) is 0.288. The SMILES string of the molecule is N#Cc1c(N)sc2c(F)cnc(-c3c4c(c5c(N6C7CCC6CNC7)nc(OCC6(CN7CCCC7)CC6)nc5c3F)COC4)c12. The van der Waals surface area contributed by atoms with Gasteiger partial charge in [-0.05, 0) is 62.7 Å². The number of hydrogen-bond donors (Lipinski definition) is 2. The highest BCUT2D eigenvalue weighted by atomic mass is 32.1. The number of thiophene rings is 1. The molecule has 1 aliphatic carbocycles. The monoisotopic (exact) mass is 644 g/mol. The standard InChI is InChI=1S/C33H34F2N8O2S/c34-22-12-39-27(24-19(9-36)30(37)46-29(22)24)23-20-13-44-14-21(20)25-28(26(23)35)40-32(41-31(25)43-17-3-4-18(43)11-38-10-17)45-16-33(5-6-33)15-42-7-1-2-8-42/h12,17-18,38H,1-8,10-11,13-16,37H2. The molecular formula is C33H34F2N8O2S. The van der Waals surface area contributed by atoms with Gasteiger partial charge in [-0.1, -0.05) is 0 Å². The molecule has 0 amide bonds. The number of nitrogens with zero attached hydrogens (tertiary/aromatic N) is 6. The molecule has 1 aromatic carbocycles. The van der Waals surface area contributed by atoms with Gasteiger partial charge in [0, 0.05) is 48.1 Å². The largest absolute Gasteiger partial charge is 0.463 e. The highest BCUT2D eigenvalue weighted by Gasteiger charge is 2.46. The van der Waals surface area contributed by atoms with E-state index in [1.54, 1.807) is 0 Å². The van der Waals surface area contributed by atoms with E-state index in [0.29, 0.717) is 23.4 Å². The van der Waals surface area contributed by atoms with E-state index in [9.17, 15) is 9.65 Å². The summed E-state index contributed by atoms with van der Waals surface area (Å²) < 4.78 is 44.8. The van der Waals surface area contributed by atoms with Crippen molar-refractivity contribution in [3.63, 3.8) is 0 Å². The lowest BCUT2D eigenvalue weighted by Gasteiger charge is -2.37. The molecule has 5 aliphatic rings. The van der Waals surface area contributed by atoms with E-state index in [-0.39, 0.29) is 74.1 Å². The van der Waals surface area contributed by atoms with Gasteiger partial charge in [0.25, 0.3) is 0 Å². The molecule has 1 saturated carbocycles. The fourth-order valence-corrected chi connectivity index (χ4v) is 9.08. The van der Waals surface area contributed by atoms with Crippen molar-refractivity contribution in [1.82, 2.24) is 25.2 Å². The summed E-state index contributed by atoms with van der Waals surface area (Å²) in [5, 5.41) is 14.5. The molecule has 7 heterocycles. The Morgan fingerprint density at radius 1 is 1.11 bits per heavy atom. The van der Waals surface area contributed by atoms with Crippen molar-refractivity contribution in [3.05, 3.63) is 34.5 Å². The summed E-state index contributed by atoms with van der Waals surface area (Å²) in [6.07, 6.45) is 7.75. The summed E-state index contributed by atoms with van der Waals surface area (Å²) in [5.74, 6) is -0.536. The highest BCUT2D eigenvalue weighted by Crippen LogP contribution is 2.49. The van der Waals surface area contributed by atoms with E-state index in [0.717, 1.165) is 81.5 Å². The van der Waals surface area contributed by atoms with Crippen LogP contribution in [0.25, 0.3) is 32.2 Å². The minimum Gasteiger partial charge on any atom is -0.463 e. The second-order valence-electron chi connectivity index (χ2n) is 13.5. The molecule has 9 rings (SSSR count). The van der Waals surface area contributed by atoms with E-state index >= 15 is 4.39 Å². The zero-order valence-corrected chi connectivity index (χ0v) is 26.2. The number of aromatic nitrogens is 3. The molecule has 10 nitrogen and oxygen atoms in total. The molecule has 0 spiro atoms. The molecule has 238 valence electrons. The Kier molecular flexibility index (Phi) is 6.61. The summed E-state index contributed by atoms with van der Waals surface area (Å²) in [6.45, 7) is 5.76. The summed E-state index contributed by atoms with van der Waals surface area (Å²) in [7, 11) is 0. The van der Waals surface area contributed by atoms with E-state index < -0.39 is 11.6 Å². The lowest BCUT2D eigenvalue weighted by molar-refractivity contribution is 0.135. The number of benzene rings is 1. The van der Waals surface area contributed by atoms with Crippen LogP contribution in [-0.4, -0.2) is 71.3 Å². The van der Waals surface area contributed by atoms with Gasteiger partial charge in [-0.25, -0.2) is 8.78 Å². The molecule has 13 heteroatoms. The number of fused-ring (bicyclic) bond motifs is 6. The number of pyridine rings is 1. The maximum atomic E-state index is 17.3. The second kappa shape index (κ2) is 10.7. The topological polar surface area (TPSA) is 125 Å². The van der Waals surface area contributed by atoms with Gasteiger partial charge in [-0.3, -0.25) is 4.98 Å². The minimum absolute atomic E-state index is 0.0720. The lowest BCUT2D eigenvalue weighted by atomic mass is 9.93. The Labute approximate surface area is 268 Å². The van der Waals surface area contributed by atoms with Crippen LogP contribution in [-0.2, 0) is 18.0 Å². The van der Waals surface area contributed by atoms with Gasteiger partial charge in [-0.2, -0.15) is 15.2 Å². The number of ether oxygens (including phenoxy) is 2. The molecule has 0 radical (unpaired) electrons. The predicted octanol–water partition coefficient (Wildman–Crippen LogP) is 4.86. The van der Waals surface area contributed by atoms with Gasteiger partial charge >= 0.3 is 6.01 Å². The Balaban J connectivity index is 1.23. The number of likely N-dealkylation sites (tertiary alicyclic amines) is 1. The summed E-state index contributed by atoms with van der Waals surface area (Å²) in [4.78, 5) is 19.0. The van der Waals surface area contributed by atoms with Gasteiger partial charge in [0.2, 0.25) is 0 Å². The van der Waals surface area contributed by atoms with Gasteiger partial charge in [0.05, 0.1) is 47.4 Å². The van der Waals surface area contributed by atoms with Gasteiger partial charge < -0.3 is 30.3 Å². The third kappa shape index (κ3) is 4.37. The molecule has 3 N–H and O–H groups in total. The van der Waals surface area contributed by atoms with Crippen LogP contribution in [0.5, 0.6) is 6.01 Å². The molecule has 2 unspecified atom stereocenters. The maximum absolute atomic E-state index is 17.3. The number of piperazine rings is 1. The van der Waals surface area contributed by atoms with Crippen LogP contribution in [0, 0.1) is 28.4 Å². The normalized spacial score (nSPS) is 23.4. The zero-order chi connectivity index (χ0) is 31.2. The number of anilines is 2. The molecule has 4 aliphatic heterocycles. The Bertz CT molecular complexity index is 1930. The first kappa shape index (κ1) is 28.5. The number of rotatable bonds is 7. The third-order valence-electron chi connectivity index (χ3n) is 10.6. The summed E-state index contributed by atoms with van der Waals surface area (Å²) in [6, 6.07) is 2.69. The van der Waals surface area contributed by atoms with Crippen molar-refractivity contribution < 1.29 is 18.3 Å². The van der Waals surface area contributed by atoms with Crippen LogP contribution >= 0.6 is 11.3 Å². The highest BCUT2D eigenvalue weighted by molar-refractivity contribution is 7.23. The van der Waals surface area contributed by atoms with Gasteiger partial charge in [0.15, 0.2) is 11.6 Å². The van der Waals surface area contributed by atoms with Crippen molar-refractivity contribution in [2.24, 2.45) is 5.41 Å². The molecule has 4 aromatic rings. The van der Waals surface area contributed by atoms with Gasteiger partial charge in [0.1, 0.15) is 22.4 Å². The van der Waals surface area contributed by atoms with Crippen LogP contribution < -0.4 is 20.7 Å². The van der Waals surface area contributed by atoms with Crippen molar-refractivity contribution in [3.8, 4) is 23.3 Å². The minimum atomic E-state index is -0.609. The molecule has 2 atom stereocenters. The van der Waals surface area contributed by atoms with E-state index in [1.165, 1.54) is 12.8 Å². The number of hydrogen-bond acceptors (Lipinski definition) is 11. The predicted molar refractivity (Wildman–Crippen MR) is 171 cm³/mol. The van der Waals surface area contributed by atoms with Crippen molar-refractivity contribution in [1.29, 1.82) is 5.26 Å².